The minimum absolute atomic E-state index is 0.434. The maximum Gasteiger partial charge on any atom is 0.330 e. The summed E-state index contributed by atoms with van der Waals surface area (Å²) in [7, 11) is 0. The van der Waals surface area contributed by atoms with E-state index in [1.165, 1.54) is 0 Å². The topological polar surface area (TPSA) is 90.9 Å². The molecule has 0 unspecified atom stereocenters. The molecule has 0 aromatic heterocycles. The molecule has 1 saturated heterocycles. The lowest BCUT2D eigenvalue weighted by Crippen LogP contribution is -2.60. The van der Waals surface area contributed by atoms with Crippen LogP contribution >= 0.6 is 0 Å². The smallest absolute Gasteiger partial charge is 0.330 e. The van der Waals surface area contributed by atoms with Crippen molar-refractivity contribution in [1.82, 2.24) is 15.8 Å². The van der Waals surface area contributed by atoms with E-state index in [4.69, 9.17) is 4.74 Å². The lowest BCUT2D eigenvalue weighted by molar-refractivity contribution is -0.145. The molecule has 0 bridgehead atoms. The maximum atomic E-state index is 12.0. The number of rotatable bonds is 3. The third kappa shape index (κ3) is 3.83. The van der Waals surface area contributed by atoms with Crippen molar-refractivity contribution in [1.29, 1.82) is 0 Å². The average molecular weight is 285 g/mol. The molecule has 2 amide bonds. The number of carbonyl (C=O) groups is 2. The summed E-state index contributed by atoms with van der Waals surface area (Å²) in [5.74, 6) is -0.934. The lowest BCUT2D eigenvalue weighted by Gasteiger charge is -2.32. The highest BCUT2D eigenvalue weighted by molar-refractivity contribution is 5.86. The second kappa shape index (κ2) is 6.90. The summed E-state index contributed by atoms with van der Waals surface area (Å²) in [5.41, 5.74) is 1.59. The van der Waals surface area contributed by atoms with Crippen LogP contribution in [0.15, 0.2) is 0 Å². The van der Waals surface area contributed by atoms with Crippen molar-refractivity contribution < 1.29 is 19.4 Å². The van der Waals surface area contributed by atoms with Crippen molar-refractivity contribution in [3.63, 3.8) is 0 Å². The number of urea groups is 1. The normalized spacial score (nSPS) is 23.6. The zero-order valence-corrected chi connectivity index (χ0v) is 11.7. The number of amides is 2. The van der Waals surface area contributed by atoms with Crippen LogP contribution in [0.2, 0.25) is 0 Å². The highest BCUT2D eigenvalue weighted by atomic mass is 16.5. The maximum absolute atomic E-state index is 12.0. The van der Waals surface area contributed by atoms with Crippen molar-refractivity contribution in [3.8, 4) is 0 Å². The molecule has 2 rings (SSSR count). The van der Waals surface area contributed by atoms with Crippen molar-refractivity contribution in [2.75, 3.05) is 26.3 Å². The van der Waals surface area contributed by atoms with Gasteiger partial charge in [0.2, 0.25) is 0 Å². The minimum Gasteiger partial charge on any atom is -0.480 e. The Morgan fingerprint density at radius 2 is 1.65 bits per heavy atom. The predicted molar refractivity (Wildman–Crippen MR) is 72.1 cm³/mol. The molecule has 114 valence electrons. The van der Waals surface area contributed by atoms with Gasteiger partial charge in [-0.15, -0.1) is 0 Å². The quantitative estimate of drug-likeness (QED) is 0.664. The van der Waals surface area contributed by atoms with Crippen LogP contribution in [-0.2, 0) is 9.53 Å². The average Bonchev–Trinajstić information content (AvgIpc) is 2.66. The van der Waals surface area contributed by atoms with Gasteiger partial charge in [-0.3, -0.25) is 5.43 Å². The molecule has 7 heteroatoms. The van der Waals surface area contributed by atoms with Crippen LogP contribution in [0.25, 0.3) is 0 Å². The molecule has 3 N–H and O–H groups in total. The van der Waals surface area contributed by atoms with Gasteiger partial charge in [0.05, 0.1) is 13.2 Å². The van der Waals surface area contributed by atoms with Gasteiger partial charge >= 0.3 is 12.0 Å². The lowest BCUT2D eigenvalue weighted by atomic mass is 9.90. The first-order valence-corrected chi connectivity index (χ1v) is 7.27. The highest BCUT2D eigenvalue weighted by Crippen LogP contribution is 2.27. The monoisotopic (exact) mass is 285 g/mol. The van der Waals surface area contributed by atoms with Crippen molar-refractivity contribution in [3.05, 3.63) is 0 Å². The van der Waals surface area contributed by atoms with Gasteiger partial charge in [0.25, 0.3) is 0 Å². The van der Waals surface area contributed by atoms with Gasteiger partial charge in [-0.05, 0) is 12.8 Å². The van der Waals surface area contributed by atoms with Crippen LogP contribution in [0.5, 0.6) is 0 Å². The number of carbonyl (C=O) groups excluding carboxylic acids is 1. The largest absolute Gasteiger partial charge is 0.480 e. The van der Waals surface area contributed by atoms with E-state index in [9.17, 15) is 14.7 Å². The van der Waals surface area contributed by atoms with E-state index in [0.29, 0.717) is 39.1 Å². The van der Waals surface area contributed by atoms with Gasteiger partial charge in [0.15, 0.2) is 0 Å². The zero-order chi connectivity index (χ0) is 14.4. The number of aliphatic carboxylic acids is 1. The molecule has 1 aliphatic carbocycles. The van der Waals surface area contributed by atoms with Crippen LogP contribution < -0.4 is 10.7 Å². The molecule has 0 aromatic rings. The highest BCUT2D eigenvalue weighted by Gasteiger charge is 2.40. The Kier molecular flexibility index (Phi) is 5.19. The van der Waals surface area contributed by atoms with E-state index in [2.05, 4.69) is 10.7 Å². The van der Waals surface area contributed by atoms with Gasteiger partial charge < -0.3 is 15.2 Å². The molecule has 0 radical (unpaired) electrons. The number of ether oxygens (including phenoxy) is 1. The van der Waals surface area contributed by atoms with Gasteiger partial charge in [-0.2, -0.15) is 0 Å². The van der Waals surface area contributed by atoms with E-state index in [1.54, 1.807) is 5.01 Å². The minimum atomic E-state index is -1.12. The number of hydrazine groups is 1. The fourth-order valence-corrected chi connectivity index (χ4v) is 2.79. The Hall–Kier alpha value is -1.34. The molecule has 0 aromatic carbocycles. The van der Waals surface area contributed by atoms with E-state index < -0.39 is 17.5 Å². The molecule has 0 spiro atoms. The fourth-order valence-electron chi connectivity index (χ4n) is 2.79. The number of hydrogen-bond acceptors (Lipinski definition) is 4. The van der Waals surface area contributed by atoms with Crippen LogP contribution in [0.1, 0.15) is 38.5 Å². The predicted octanol–water partition coefficient (Wildman–Crippen LogP) is 0.710. The van der Waals surface area contributed by atoms with Gasteiger partial charge in [-0.25, -0.2) is 14.6 Å². The standard InChI is InChI=1S/C13H23N3O4/c17-11(18)13(5-3-1-2-4-6-13)14-12(19)15-16-7-9-20-10-8-16/h1-10H2,(H,17,18)(H2,14,15,19). The van der Waals surface area contributed by atoms with E-state index in [1.807, 2.05) is 0 Å². The number of carboxylic acid groups (broad SMARTS) is 1. The van der Waals surface area contributed by atoms with Crippen LogP contribution in [-0.4, -0.2) is 54.0 Å². The molecular weight excluding hydrogens is 262 g/mol. The van der Waals surface area contributed by atoms with Crippen LogP contribution in [0, 0.1) is 0 Å². The number of nitrogens with zero attached hydrogens (tertiary/aromatic N) is 1. The second-order valence-electron chi connectivity index (χ2n) is 5.47. The third-order valence-corrected chi connectivity index (χ3v) is 3.99. The summed E-state index contributed by atoms with van der Waals surface area (Å²) in [5, 5.41) is 13.9. The summed E-state index contributed by atoms with van der Waals surface area (Å²) < 4.78 is 5.20. The Balaban J connectivity index is 1.92. The number of hydrogen-bond donors (Lipinski definition) is 3. The van der Waals surface area contributed by atoms with Gasteiger partial charge in [0.1, 0.15) is 5.54 Å². The fraction of sp³-hybridized carbons (Fsp3) is 0.846. The summed E-state index contributed by atoms with van der Waals surface area (Å²) in [6, 6.07) is -0.434. The van der Waals surface area contributed by atoms with E-state index >= 15 is 0 Å². The molecular formula is C13H23N3O4. The Bertz CT molecular complexity index is 348. The molecule has 1 heterocycles. The van der Waals surface area contributed by atoms with Crippen molar-refractivity contribution in [2.24, 2.45) is 0 Å². The van der Waals surface area contributed by atoms with Gasteiger partial charge in [-0.1, -0.05) is 25.7 Å². The molecule has 1 saturated carbocycles. The first-order chi connectivity index (χ1) is 9.62. The second-order valence-corrected chi connectivity index (χ2v) is 5.47. The Morgan fingerprint density at radius 1 is 1.05 bits per heavy atom. The summed E-state index contributed by atoms with van der Waals surface area (Å²) >= 11 is 0. The SMILES string of the molecule is O=C(NN1CCOCC1)NC1(C(=O)O)CCCCCC1. The molecule has 7 nitrogen and oxygen atoms in total. The van der Waals surface area contributed by atoms with Crippen LogP contribution in [0.4, 0.5) is 4.79 Å². The van der Waals surface area contributed by atoms with E-state index in [-0.39, 0.29) is 0 Å². The number of nitrogens with one attached hydrogen (secondary N) is 2. The first-order valence-electron chi connectivity index (χ1n) is 7.27. The molecule has 20 heavy (non-hydrogen) atoms. The number of morpholine rings is 1. The number of carboxylic acids is 1. The van der Waals surface area contributed by atoms with Crippen molar-refractivity contribution in [2.45, 2.75) is 44.1 Å². The Labute approximate surface area is 118 Å². The molecule has 1 aliphatic heterocycles. The molecule has 2 fully saturated rings. The zero-order valence-electron chi connectivity index (χ0n) is 11.7. The molecule has 0 atom stereocenters. The summed E-state index contributed by atoms with van der Waals surface area (Å²) in [6.45, 7) is 2.38. The van der Waals surface area contributed by atoms with Crippen molar-refractivity contribution >= 4 is 12.0 Å². The van der Waals surface area contributed by atoms with Gasteiger partial charge in [0, 0.05) is 13.1 Å². The summed E-state index contributed by atoms with van der Waals surface area (Å²) in [6.07, 6.45) is 4.73. The summed E-state index contributed by atoms with van der Waals surface area (Å²) in [4.78, 5) is 23.6. The molecule has 2 aliphatic rings. The first kappa shape index (κ1) is 15.1. The Morgan fingerprint density at radius 3 is 2.20 bits per heavy atom. The van der Waals surface area contributed by atoms with E-state index in [0.717, 1.165) is 25.7 Å². The van der Waals surface area contributed by atoms with Crippen LogP contribution in [0.3, 0.4) is 0 Å². The third-order valence-electron chi connectivity index (χ3n) is 3.99.